The molecule has 130 valence electrons. The van der Waals surface area contributed by atoms with Crippen LogP contribution in [0.3, 0.4) is 0 Å². The number of hydrogen-bond donors (Lipinski definition) is 1. The number of ketones is 1. The number of methoxy groups -OCH3 is 1. The molecule has 1 N–H and O–H groups in total. The summed E-state index contributed by atoms with van der Waals surface area (Å²) in [5, 5.41) is 2.60. The Morgan fingerprint density at radius 2 is 1.76 bits per heavy atom. The van der Waals surface area contributed by atoms with Crippen molar-refractivity contribution >= 4 is 23.3 Å². The molecule has 6 heteroatoms. The van der Waals surface area contributed by atoms with E-state index in [1.165, 1.54) is 6.92 Å². The summed E-state index contributed by atoms with van der Waals surface area (Å²) in [5.74, 6) is -0.355. The molecule has 6 nitrogen and oxygen atoms in total. The van der Waals surface area contributed by atoms with E-state index in [-0.39, 0.29) is 18.8 Å². The molecule has 0 radical (unpaired) electrons. The fraction of sp³-hybridized carbons (Fsp3) is 0.211. The van der Waals surface area contributed by atoms with E-state index < -0.39 is 11.9 Å². The van der Waals surface area contributed by atoms with Crippen molar-refractivity contribution < 1.29 is 23.9 Å². The van der Waals surface area contributed by atoms with E-state index in [1.54, 1.807) is 55.6 Å². The highest BCUT2D eigenvalue weighted by atomic mass is 16.5. The molecular formula is C19H19NO5. The van der Waals surface area contributed by atoms with Gasteiger partial charge in [0.1, 0.15) is 5.75 Å². The molecule has 0 heterocycles. The Morgan fingerprint density at radius 1 is 1.04 bits per heavy atom. The average Bonchev–Trinajstić information content (AvgIpc) is 2.60. The van der Waals surface area contributed by atoms with Gasteiger partial charge >= 0.3 is 5.97 Å². The van der Waals surface area contributed by atoms with Crippen molar-refractivity contribution in [3.05, 3.63) is 59.7 Å². The van der Waals surface area contributed by atoms with E-state index in [2.05, 4.69) is 5.32 Å². The molecule has 0 saturated heterocycles. The summed E-state index contributed by atoms with van der Waals surface area (Å²) < 4.78 is 10.1. The molecule has 2 aromatic rings. The van der Waals surface area contributed by atoms with Gasteiger partial charge in [0.05, 0.1) is 13.5 Å². The van der Waals surface area contributed by atoms with Crippen LogP contribution in [0.25, 0.3) is 0 Å². The van der Waals surface area contributed by atoms with Gasteiger partial charge < -0.3 is 14.8 Å². The smallest absolute Gasteiger partial charge is 0.310 e. The largest absolute Gasteiger partial charge is 0.497 e. The second kappa shape index (κ2) is 8.63. The van der Waals surface area contributed by atoms with Gasteiger partial charge in [0.15, 0.2) is 12.4 Å². The van der Waals surface area contributed by atoms with Crippen LogP contribution in [0.4, 0.5) is 5.69 Å². The van der Waals surface area contributed by atoms with Crippen molar-refractivity contribution in [2.75, 3.05) is 19.0 Å². The molecule has 0 fully saturated rings. The quantitative estimate of drug-likeness (QED) is 0.618. The summed E-state index contributed by atoms with van der Waals surface area (Å²) in [6.45, 7) is 1.09. The van der Waals surface area contributed by atoms with Crippen molar-refractivity contribution in [3.8, 4) is 5.75 Å². The number of Topliss-reactive ketones (excluding diaryl/α,β-unsaturated/α-hetero) is 1. The highest BCUT2D eigenvalue weighted by Gasteiger charge is 2.10. The molecule has 0 aliphatic carbocycles. The molecule has 2 rings (SSSR count). The highest BCUT2D eigenvalue weighted by molar-refractivity contribution is 5.96. The molecular weight excluding hydrogens is 322 g/mol. The third-order valence-electron chi connectivity index (χ3n) is 3.42. The predicted octanol–water partition coefficient (Wildman–Crippen LogP) is 2.62. The minimum atomic E-state index is -0.504. The second-order valence-electron chi connectivity index (χ2n) is 5.37. The minimum Gasteiger partial charge on any atom is -0.497 e. The normalized spacial score (nSPS) is 10.0. The van der Waals surface area contributed by atoms with E-state index in [0.29, 0.717) is 17.0 Å². The number of rotatable bonds is 7. The molecule has 0 spiro atoms. The Labute approximate surface area is 145 Å². The number of carbonyl (C=O) groups is 3. The van der Waals surface area contributed by atoms with Crippen LogP contribution in [0.1, 0.15) is 22.8 Å². The molecule has 0 aliphatic rings. The lowest BCUT2D eigenvalue weighted by atomic mass is 10.1. The number of carbonyl (C=O) groups excluding carboxylic acids is 3. The van der Waals surface area contributed by atoms with Gasteiger partial charge in [-0.25, -0.2) is 0 Å². The molecule has 0 saturated carbocycles. The Balaban J connectivity index is 1.80. The maximum Gasteiger partial charge on any atom is 0.310 e. The van der Waals surface area contributed by atoms with Crippen LogP contribution in [-0.2, 0) is 20.7 Å². The SMILES string of the molecule is COc1cccc(CC(=O)OCC(=O)Nc2ccc(C(C)=O)cc2)c1. The maximum absolute atomic E-state index is 11.8. The van der Waals surface area contributed by atoms with Crippen molar-refractivity contribution in [1.29, 1.82) is 0 Å². The molecule has 0 atom stereocenters. The lowest BCUT2D eigenvalue weighted by Gasteiger charge is -2.08. The summed E-state index contributed by atoms with van der Waals surface area (Å²) in [6, 6.07) is 13.5. The average molecular weight is 341 g/mol. The molecule has 0 aromatic heterocycles. The fourth-order valence-corrected chi connectivity index (χ4v) is 2.13. The Morgan fingerprint density at radius 3 is 2.40 bits per heavy atom. The minimum absolute atomic E-state index is 0.0515. The highest BCUT2D eigenvalue weighted by Crippen LogP contribution is 2.13. The number of hydrogen-bond acceptors (Lipinski definition) is 5. The van der Waals surface area contributed by atoms with Gasteiger partial charge in [0, 0.05) is 11.3 Å². The number of anilines is 1. The van der Waals surface area contributed by atoms with Gasteiger partial charge in [-0.3, -0.25) is 14.4 Å². The summed E-state index contributed by atoms with van der Waals surface area (Å²) in [5.41, 5.74) is 1.83. The summed E-state index contributed by atoms with van der Waals surface area (Å²) in [4.78, 5) is 34.8. The van der Waals surface area contributed by atoms with Gasteiger partial charge in [-0.05, 0) is 48.9 Å². The van der Waals surface area contributed by atoms with Crippen LogP contribution in [0, 0.1) is 0 Å². The van der Waals surface area contributed by atoms with Crippen LogP contribution in [0.5, 0.6) is 5.75 Å². The maximum atomic E-state index is 11.8. The standard InChI is InChI=1S/C19H19NO5/c1-13(21)15-6-8-16(9-7-15)20-18(22)12-25-19(23)11-14-4-3-5-17(10-14)24-2/h3-10H,11-12H2,1-2H3,(H,20,22). The van der Waals surface area contributed by atoms with Crippen LogP contribution < -0.4 is 10.1 Å². The zero-order valence-electron chi connectivity index (χ0n) is 14.1. The zero-order chi connectivity index (χ0) is 18.2. The lowest BCUT2D eigenvalue weighted by molar-refractivity contribution is -0.146. The van der Waals surface area contributed by atoms with Gasteiger partial charge in [-0.1, -0.05) is 12.1 Å². The third-order valence-corrected chi connectivity index (χ3v) is 3.42. The van der Waals surface area contributed by atoms with Crippen molar-refractivity contribution in [2.24, 2.45) is 0 Å². The van der Waals surface area contributed by atoms with E-state index in [1.807, 2.05) is 0 Å². The Kier molecular flexibility index (Phi) is 6.28. The van der Waals surface area contributed by atoms with Crippen LogP contribution in [0.15, 0.2) is 48.5 Å². The second-order valence-corrected chi connectivity index (χ2v) is 5.37. The first-order valence-corrected chi connectivity index (χ1v) is 7.67. The number of esters is 1. The van der Waals surface area contributed by atoms with E-state index in [4.69, 9.17) is 9.47 Å². The lowest BCUT2D eigenvalue weighted by Crippen LogP contribution is -2.21. The van der Waals surface area contributed by atoms with Gasteiger partial charge in [-0.15, -0.1) is 0 Å². The molecule has 2 aromatic carbocycles. The first-order valence-electron chi connectivity index (χ1n) is 7.67. The Hall–Kier alpha value is -3.15. The molecule has 25 heavy (non-hydrogen) atoms. The topological polar surface area (TPSA) is 81.7 Å². The number of ether oxygens (including phenoxy) is 2. The van der Waals surface area contributed by atoms with Crippen LogP contribution in [-0.4, -0.2) is 31.4 Å². The zero-order valence-corrected chi connectivity index (χ0v) is 14.1. The monoisotopic (exact) mass is 341 g/mol. The molecule has 0 aliphatic heterocycles. The van der Waals surface area contributed by atoms with Crippen LogP contribution >= 0.6 is 0 Å². The first kappa shape index (κ1) is 18.2. The number of nitrogens with one attached hydrogen (secondary N) is 1. The van der Waals surface area contributed by atoms with Gasteiger partial charge in [-0.2, -0.15) is 0 Å². The molecule has 0 unspecified atom stereocenters. The predicted molar refractivity (Wildman–Crippen MR) is 92.7 cm³/mol. The van der Waals surface area contributed by atoms with E-state index in [0.717, 1.165) is 5.56 Å². The fourth-order valence-electron chi connectivity index (χ4n) is 2.13. The molecule has 1 amide bonds. The van der Waals surface area contributed by atoms with E-state index in [9.17, 15) is 14.4 Å². The number of amides is 1. The summed E-state index contributed by atoms with van der Waals surface area (Å²) >= 11 is 0. The van der Waals surface area contributed by atoms with Crippen molar-refractivity contribution in [2.45, 2.75) is 13.3 Å². The van der Waals surface area contributed by atoms with Gasteiger partial charge in [0.2, 0.25) is 0 Å². The van der Waals surface area contributed by atoms with Crippen LogP contribution in [0.2, 0.25) is 0 Å². The summed E-state index contributed by atoms with van der Waals surface area (Å²) in [7, 11) is 1.55. The Bertz CT molecular complexity index is 768. The van der Waals surface area contributed by atoms with Crippen molar-refractivity contribution in [1.82, 2.24) is 0 Å². The summed E-state index contributed by atoms with van der Waals surface area (Å²) in [6.07, 6.45) is 0.0534. The number of benzene rings is 2. The molecule has 0 bridgehead atoms. The third kappa shape index (κ3) is 5.76. The van der Waals surface area contributed by atoms with E-state index >= 15 is 0 Å². The van der Waals surface area contributed by atoms with Gasteiger partial charge in [0.25, 0.3) is 5.91 Å². The van der Waals surface area contributed by atoms with Crippen molar-refractivity contribution in [3.63, 3.8) is 0 Å². The first-order chi connectivity index (χ1) is 12.0.